The summed E-state index contributed by atoms with van der Waals surface area (Å²) < 4.78 is 0. The summed E-state index contributed by atoms with van der Waals surface area (Å²) in [7, 11) is 0. The molecule has 0 bridgehead atoms. The van der Waals surface area contributed by atoms with Crippen molar-refractivity contribution in [1.82, 2.24) is 9.80 Å². The third-order valence-electron chi connectivity index (χ3n) is 3.79. The van der Waals surface area contributed by atoms with Gasteiger partial charge >= 0.3 is 0 Å². The van der Waals surface area contributed by atoms with Crippen LogP contribution in [0.3, 0.4) is 0 Å². The number of hydrogen-bond acceptors (Lipinski definition) is 2. The lowest BCUT2D eigenvalue weighted by Gasteiger charge is -2.28. The van der Waals surface area contributed by atoms with Gasteiger partial charge < -0.3 is 9.80 Å². The number of unbranched alkanes of at least 4 members (excludes halogenated alkanes) is 6. The van der Waals surface area contributed by atoms with Crippen molar-refractivity contribution in [3.63, 3.8) is 0 Å². The van der Waals surface area contributed by atoms with E-state index in [-0.39, 0.29) is 0 Å². The lowest BCUT2D eigenvalue weighted by atomic mass is 10.1. The fraction of sp³-hybridized carbons (Fsp3) is 0.867. The van der Waals surface area contributed by atoms with E-state index in [4.69, 9.17) is 0 Å². The van der Waals surface area contributed by atoms with Crippen LogP contribution in [0, 0.1) is 0 Å². The molecule has 0 saturated heterocycles. The molecule has 1 rings (SSSR count). The van der Waals surface area contributed by atoms with Crippen molar-refractivity contribution >= 4 is 0 Å². The molecular formula is C15H30N2. The van der Waals surface area contributed by atoms with Crippen LogP contribution in [0.15, 0.2) is 12.4 Å². The Balaban J connectivity index is 1.98. The van der Waals surface area contributed by atoms with Gasteiger partial charge in [0.1, 0.15) is 0 Å². The van der Waals surface area contributed by atoms with Gasteiger partial charge in [-0.25, -0.2) is 0 Å². The first-order chi connectivity index (χ1) is 8.29. The van der Waals surface area contributed by atoms with Crippen molar-refractivity contribution in [1.29, 1.82) is 0 Å². The van der Waals surface area contributed by atoms with Crippen molar-refractivity contribution in [2.45, 2.75) is 71.9 Å². The summed E-state index contributed by atoms with van der Waals surface area (Å²) in [5, 5.41) is 0. The Labute approximate surface area is 108 Å². The predicted octanol–water partition coefficient (Wildman–Crippen LogP) is 4.19. The highest BCUT2D eigenvalue weighted by atomic mass is 15.4. The molecule has 2 nitrogen and oxygen atoms in total. The van der Waals surface area contributed by atoms with E-state index in [2.05, 4.69) is 43.0 Å². The maximum Gasteiger partial charge on any atom is 0.0977 e. The quantitative estimate of drug-likeness (QED) is 0.556. The molecule has 1 aliphatic rings. The summed E-state index contributed by atoms with van der Waals surface area (Å²) in [6.45, 7) is 9.14. The molecule has 100 valence electrons. The van der Waals surface area contributed by atoms with Crippen molar-refractivity contribution in [2.24, 2.45) is 0 Å². The average molecular weight is 238 g/mol. The van der Waals surface area contributed by atoms with Gasteiger partial charge in [0.2, 0.25) is 0 Å². The molecule has 1 unspecified atom stereocenters. The van der Waals surface area contributed by atoms with E-state index >= 15 is 0 Å². The molecule has 0 N–H and O–H groups in total. The molecule has 2 heteroatoms. The molecule has 0 spiro atoms. The average Bonchev–Trinajstić information content (AvgIpc) is 2.69. The maximum atomic E-state index is 2.47. The summed E-state index contributed by atoms with van der Waals surface area (Å²) >= 11 is 0. The monoisotopic (exact) mass is 238 g/mol. The van der Waals surface area contributed by atoms with E-state index in [1.807, 2.05) is 0 Å². The minimum Gasteiger partial charge on any atom is -0.357 e. The van der Waals surface area contributed by atoms with Crippen LogP contribution >= 0.6 is 0 Å². The Bertz CT molecular complexity index is 213. The fourth-order valence-corrected chi connectivity index (χ4v) is 2.49. The van der Waals surface area contributed by atoms with E-state index in [1.165, 1.54) is 51.5 Å². The van der Waals surface area contributed by atoms with E-state index < -0.39 is 0 Å². The summed E-state index contributed by atoms with van der Waals surface area (Å²) in [6, 6.07) is 0. The van der Waals surface area contributed by atoms with Gasteiger partial charge in [0, 0.05) is 25.5 Å². The highest BCUT2D eigenvalue weighted by Crippen LogP contribution is 2.16. The minimum atomic E-state index is 0.570. The Hall–Kier alpha value is -0.660. The molecule has 0 aromatic heterocycles. The maximum absolute atomic E-state index is 2.47. The zero-order valence-corrected chi connectivity index (χ0v) is 12.0. The van der Waals surface area contributed by atoms with Crippen LogP contribution in [-0.4, -0.2) is 29.1 Å². The van der Waals surface area contributed by atoms with E-state index in [1.54, 1.807) is 0 Å². The first-order valence-electron chi connectivity index (χ1n) is 7.49. The van der Waals surface area contributed by atoms with Crippen molar-refractivity contribution in [3.8, 4) is 0 Å². The van der Waals surface area contributed by atoms with Gasteiger partial charge in [0.25, 0.3) is 0 Å². The lowest BCUT2D eigenvalue weighted by Crippen LogP contribution is -2.36. The Morgan fingerprint density at radius 1 is 0.824 bits per heavy atom. The van der Waals surface area contributed by atoms with Crippen LogP contribution in [0.5, 0.6) is 0 Å². The standard InChI is InChI=1S/C15H30N2/c1-4-6-7-8-9-10-11-12-17-14-13-16(5-2)15(17)3/h13-15H,4-12H2,1-3H3. The largest absolute Gasteiger partial charge is 0.357 e. The van der Waals surface area contributed by atoms with Crippen molar-refractivity contribution in [2.75, 3.05) is 13.1 Å². The van der Waals surface area contributed by atoms with E-state index in [0.717, 1.165) is 6.54 Å². The third-order valence-corrected chi connectivity index (χ3v) is 3.79. The molecule has 0 amide bonds. The molecule has 1 aliphatic heterocycles. The molecular weight excluding hydrogens is 208 g/mol. The topological polar surface area (TPSA) is 6.48 Å². The van der Waals surface area contributed by atoms with Gasteiger partial charge in [0.15, 0.2) is 0 Å². The Morgan fingerprint density at radius 3 is 2.00 bits per heavy atom. The Morgan fingerprint density at radius 2 is 1.41 bits per heavy atom. The molecule has 0 aromatic carbocycles. The van der Waals surface area contributed by atoms with E-state index in [9.17, 15) is 0 Å². The normalized spacial score (nSPS) is 19.4. The van der Waals surface area contributed by atoms with Crippen LogP contribution < -0.4 is 0 Å². The number of hydrogen-bond donors (Lipinski definition) is 0. The second kappa shape index (κ2) is 8.43. The molecule has 0 aromatic rings. The lowest BCUT2D eigenvalue weighted by molar-refractivity contribution is 0.173. The summed E-state index contributed by atoms with van der Waals surface area (Å²) in [6.07, 6.45) is 14.8. The highest BCUT2D eigenvalue weighted by Gasteiger charge is 2.19. The van der Waals surface area contributed by atoms with Crippen molar-refractivity contribution < 1.29 is 0 Å². The minimum absolute atomic E-state index is 0.570. The second-order valence-corrected chi connectivity index (χ2v) is 5.12. The van der Waals surface area contributed by atoms with E-state index in [0.29, 0.717) is 6.17 Å². The van der Waals surface area contributed by atoms with Gasteiger partial charge in [-0.15, -0.1) is 0 Å². The SMILES string of the molecule is CCCCCCCCCN1C=CN(CC)C1C. The summed E-state index contributed by atoms with van der Waals surface area (Å²) in [5.41, 5.74) is 0. The van der Waals surface area contributed by atoms with Crippen LogP contribution in [0.2, 0.25) is 0 Å². The van der Waals surface area contributed by atoms with Crippen LogP contribution in [0.25, 0.3) is 0 Å². The Kier molecular flexibility index (Phi) is 7.14. The van der Waals surface area contributed by atoms with Gasteiger partial charge in [-0.1, -0.05) is 45.4 Å². The van der Waals surface area contributed by atoms with Crippen LogP contribution in [0.4, 0.5) is 0 Å². The fourth-order valence-electron chi connectivity index (χ4n) is 2.49. The molecule has 0 aliphatic carbocycles. The van der Waals surface area contributed by atoms with Gasteiger partial charge in [-0.3, -0.25) is 0 Å². The highest BCUT2D eigenvalue weighted by molar-refractivity contribution is 4.94. The summed E-state index contributed by atoms with van der Waals surface area (Å²) in [4.78, 5) is 4.86. The second-order valence-electron chi connectivity index (χ2n) is 5.12. The predicted molar refractivity (Wildman–Crippen MR) is 75.7 cm³/mol. The number of rotatable bonds is 9. The van der Waals surface area contributed by atoms with Gasteiger partial charge in [-0.05, 0) is 20.3 Å². The smallest absolute Gasteiger partial charge is 0.0977 e. The molecule has 0 radical (unpaired) electrons. The molecule has 1 heterocycles. The molecule has 17 heavy (non-hydrogen) atoms. The zero-order valence-electron chi connectivity index (χ0n) is 12.0. The first-order valence-corrected chi connectivity index (χ1v) is 7.49. The van der Waals surface area contributed by atoms with Crippen molar-refractivity contribution in [3.05, 3.63) is 12.4 Å². The van der Waals surface area contributed by atoms with Gasteiger partial charge in [0.05, 0.1) is 6.17 Å². The van der Waals surface area contributed by atoms with Gasteiger partial charge in [-0.2, -0.15) is 0 Å². The summed E-state index contributed by atoms with van der Waals surface area (Å²) in [5.74, 6) is 0. The van der Waals surface area contributed by atoms with Crippen LogP contribution in [-0.2, 0) is 0 Å². The van der Waals surface area contributed by atoms with Crippen LogP contribution in [0.1, 0.15) is 65.7 Å². The molecule has 1 atom stereocenters. The molecule has 0 saturated carbocycles. The molecule has 0 fully saturated rings. The number of nitrogens with zero attached hydrogens (tertiary/aromatic N) is 2. The first kappa shape index (κ1) is 14.4. The third kappa shape index (κ3) is 5.01. The zero-order chi connectivity index (χ0) is 12.5.